The summed E-state index contributed by atoms with van der Waals surface area (Å²) >= 11 is 6.79. The molecule has 0 aromatic heterocycles. The highest BCUT2D eigenvalue weighted by molar-refractivity contribution is 9.10. The van der Waals surface area contributed by atoms with Crippen LogP contribution >= 0.6 is 31.9 Å². The first-order chi connectivity index (χ1) is 11.1. The molecule has 0 heterocycles. The van der Waals surface area contributed by atoms with Crippen molar-refractivity contribution in [3.8, 4) is 0 Å². The zero-order valence-electron chi connectivity index (χ0n) is 12.6. The standard InChI is InChI=1S/C17H17Br2N3O/c1-2-16(21-15-8-6-13(18)7-9-15)17(23)22-20-11-12-4-3-5-14(19)10-12/h3-11,16,21H,2H2,1H3,(H,22,23)/b20-11-/t16-/m0/s1. The van der Waals surface area contributed by atoms with E-state index >= 15 is 0 Å². The molecule has 120 valence electrons. The van der Waals surface area contributed by atoms with Crippen LogP contribution in [0.2, 0.25) is 0 Å². The van der Waals surface area contributed by atoms with E-state index in [4.69, 9.17) is 0 Å². The third kappa shape index (κ3) is 5.80. The second-order valence-corrected chi connectivity index (χ2v) is 6.73. The molecule has 2 rings (SSSR count). The fourth-order valence-electron chi connectivity index (χ4n) is 1.94. The summed E-state index contributed by atoms with van der Waals surface area (Å²) in [4.78, 5) is 12.2. The molecule has 0 aliphatic carbocycles. The van der Waals surface area contributed by atoms with Crippen molar-refractivity contribution in [3.63, 3.8) is 0 Å². The molecule has 0 fully saturated rings. The molecule has 0 saturated heterocycles. The number of nitrogens with zero attached hydrogens (tertiary/aromatic N) is 1. The molecular weight excluding hydrogens is 422 g/mol. The lowest BCUT2D eigenvalue weighted by Gasteiger charge is -2.16. The zero-order valence-corrected chi connectivity index (χ0v) is 15.8. The van der Waals surface area contributed by atoms with Crippen LogP contribution < -0.4 is 10.7 Å². The number of anilines is 1. The number of hydrogen-bond acceptors (Lipinski definition) is 3. The van der Waals surface area contributed by atoms with Gasteiger partial charge < -0.3 is 5.32 Å². The summed E-state index contributed by atoms with van der Waals surface area (Å²) in [5.41, 5.74) is 4.38. The van der Waals surface area contributed by atoms with Crippen LogP contribution in [0.3, 0.4) is 0 Å². The first kappa shape index (κ1) is 17.7. The van der Waals surface area contributed by atoms with E-state index in [-0.39, 0.29) is 11.9 Å². The summed E-state index contributed by atoms with van der Waals surface area (Å²) in [6, 6.07) is 15.1. The van der Waals surface area contributed by atoms with Gasteiger partial charge in [-0.25, -0.2) is 5.43 Å². The van der Waals surface area contributed by atoms with Crippen molar-refractivity contribution in [2.45, 2.75) is 19.4 Å². The van der Waals surface area contributed by atoms with Crippen molar-refractivity contribution >= 4 is 49.7 Å². The number of hydrogen-bond donors (Lipinski definition) is 2. The van der Waals surface area contributed by atoms with Gasteiger partial charge in [-0.1, -0.05) is 50.9 Å². The highest BCUT2D eigenvalue weighted by Crippen LogP contribution is 2.15. The molecule has 1 amide bonds. The number of halogens is 2. The Bertz CT molecular complexity index is 686. The number of carbonyl (C=O) groups is 1. The van der Waals surface area contributed by atoms with E-state index < -0.39 is 0 Å². The third-order valence-corrected chi connectivity index (χ3v) is 4.17. The van der Waals surface area contributed by atoms with Gasteiger partial charge in [-0.2, -0.15) is 5.10 Å². The Morgan fingerprint density at radius 3 is 2.57 bits per heavy atom. The summed E-state index contributed by atoms with van der Waals surface area (Å²) < 4.78 is 1.97. The lowest BCUT2D eigenvalue weighted by Crippen LogP contribution is -2.36. The molecule has 0 unspecified atom stereocenters. The van der Waals surface area contributed by atoms with Crippen LogP contribution in [0.5, 0.6) is 0 Å². The Morgan fingerprint density at radius 2 is 1.91 bits per heavy atom. The fraction of sp³-hybridized carbons (Fsp3) is 0.176. The van der Waals surface area contributed by atoms with E-state index in [9.17, 15) is 4.79 Å². The molecule has 23 heavy (non-hydrogen) atoms. The normalized spacial score (nSPS) is 12.1. The lowest BCUT2D eigenvalue weighted by atomic mass is 10.2. The largest absolute Gasteiger partial charge is 0.374 e. The Hall–Kier alpha value is -1.66. The summed E-state index contributed by atoms with van der Waals surface area (Å²) in [6.45, 7) is 1.95. The minimum absolute atomic E-state index is 0.165. The monoisotopic (exact) mass is 437 g/mol. The molecule has 2 aromatic carbocycles. The van der Waals surface area contributed by atoms with Gasteiger partial charge in [0.1, 0.15) is 6.04 Å². The van der Waals surface area contributed by atoms with Gasteiger partial charge in [0.25, 0.3) is 5.91 Å². The van der Waals surface area contributed by atoms with Gasteiger partial charge in [0.05, 0.1) is 6.21 Å². The van der Waals surface area contributed by atoms with Gasteiger partial charge in [0.15, 0.2) is 0 Å². The second-order valence-electron chi connectivity index (χ2n) is 4.90. The van der Waals surface area contributed by atoms with E-state index in [0.717, 1.165) is 20.2 Å². The van der Waals surface area contributed by atoms with Crippen molar-refractivity contribution in [1.29, 1.82) is 0 Å². The number of nitrogens with one attached hydrogen (secondary N) is 2. The van der Waals surface area contributed by atoms with Gasteiger partial charge in [0.2, 0.25) is 0 Å². The highest BCUT2D eigenvalue weighted by atomic mass is 79.9. The van der Waals surface area contributed by atoms with E-state index in [2.05, 4.69) is 47.7 Å². The predicted octanol–water partition coefficient (Wildman–Crippen LogP) is 4.55. The number of hydrazone groups is 1. The molecular formula is C17H17Br2N3O. The quantitative estimate of drug-likeness (QED) is 0.513. The van der Waals surface area contributed by atoms with Gasteiger partial charge in [-0.15, -0.1) is 0 Å². The van der Waals surface area contributed by atoms with Crippen molar-refractivity contribution in [2.75, 3.05) is 5.32 Å². The number of carbonyl (C=O) groups excluding carboxylic acids is 1. The number of rotatable bonds is 6. The van der Waals surface area contributed by atoms with Gasteiger partial charge in [-0.05, 0) is 48.4 Å². The maximum Gasteiger partial charge on any atom is 0.262 e. The van der Waals surface area contributed by atoms with E-state index in [1.54, 1.807) is 6.21 Å². The third-order valence-electron chi connectivity index (χ3n) is 3.15. The number of amides is 1. The minimum atomic E-state index is -0.337. The molecule has 4 nitrogen and oxygen atoms in total. The molecule has 2 aromatic rings. The van der Waals surface area contributed by atoms with Crippen LogP contribution in [-0.4, -0.2) is 18.2 Å². The first-order valence-electron chi connectivity index (χ1n) is 7.19. The van der Waals surface area contributed by atoms with Crippen molar-refractivity contribution in [3.05, 3.63) is 63.0 Å². The van der Waals surface area contributed by atoms with Crippen LogP contribution in [-0.2, 0) is 4.79 Å². The van der Waals surface area contributed by atoms with Gasteiger partial charge in [-0.3, -0.25) is 4.79 Å². The molecule has 0 saturated carbocycles. The summed E-state index contributed by atoms with van der Waals surface area (Å²) in [6.07, 6.45) is 2.28. The fourth-order valence-corrected chi connectivity index (χ4v) is 2.62. The van der Waals surface area contributed by atoms with E-state index in [1.807, 2.05) is 55.5 Å². The molecule has 0 aliphatic heterocycles. The Morgan fingerprint density at radius 1 is 1.17 bits per heavy atom. The van der Waals surface area contributed by atoms with Gasteiger partial charge >= 0.3 is 0 Å². The molecule has 2 N–H and O–H groups in total. The summed E-state index contributed by atoms with van der Waals surface area (Å²) in [7, 11) is 0. The summed E-state index contributed by atoms with van der Waals surface area (Å²) in [5.74, 6) is -0.165. The Kier molecular flexibility index (Phi) is 6.80. The lowest BCUT2D eigenvalue weighted by molar-refractivity contribution is -0.121. The van der Waals surface area contributed by atoms with Crippen LogP contribution in [0.4, 0.5) is 5.69 Å². The van der Waals surface area contributed by atoms with Gasteiger partial charge in [0, 0.05) is 14.6 Å². The smallest absolute Gasteiger partial charge is 0.262 e. The second kappa shape index (κ2) is 8.84. The average Bonchev–Trinajstić information content (AvgIpc) is 2.54. The van der Waals surface area contributed by atoms with Crippen molar-refractivity contribution < 1.29 is 4.79 Å². The molecule has 0 spiro atoms. The maximum atomic E-state index is 12.2. The molecule has 0 bridgehead atoms. The minimum Gasteiger partial charge on any atom is -0.374 e. The van der Waals surface area contributed by atoms with E-state index in [1.165, 1.54) is 0 Å². The Balaban J connectivity index is 1.93. The highest BCUT2D eigenvalue weighted by Gasteiger charge is 2.15. The number of benzene rings is 2. The zero-order chi connectivity index (χ0) is 16.7. The summed E-state index contributed by atoms with van der Waals surface area (Å²) in [5, 5.41) is 7.21. The first-order valence-corrected chi connectivity index (χ1v) is 8.77. The van der Waals surface area contributed by atoms with Crippen LogP contribution in [0.15, 0.2) is 62.6 Å². The van der Waals surface area contributed by atoms with E-state index in [0.29, 0.717) is 6.42 Å². The van der Waals surface area contributed by atoms with Crippen molar-refractivity contribution in [1.82, 2.24) is 5.43 Å². The Labute approximate surface area is 152 Å². The van der Waals surface area contributed by atoms with Crippen molar-refractivity contribution in [2.24, 2.45) is 5.10 Å². The maximum absolute atomic E-state index is 12.2. The van der Waals surface area contributed by atoms with Crippen LogP contribution in [0.25, 0.3) is 0 Å². The molecule has 6 heteroatoms. The van der Waals surface area contributed by atoms with Crippen LogP contribution in [0, 0.1) is 0 Å². The topological polar surface area (TPSA) is 53.5 Å². The molecule has 0 radical (unpaired) electrons. The SMILES string of the molecule is CC[C@H](Nc1ccc(Br)cc1)C(=O)N/N=C\c1cccc(Br)c1. The molecule has 0 aliphatic rings. The average molecular weight is 439 g/mol. The predicted molar refractivity (Wildman–Crippen MR) is 102 cm³/mol. The molecule has 1 atom stereocenters. The van der Waals surface area contributed by atoms with Crippen LogP contribution in [0.1, 0.15) is 18.9 Å².